The third-order valence-electron chi connectivity index (χ3n) is 8.10. The summed E-state index contributed by atoms with van der Waals surface area (Å²) in [6.07, 6.45) is 7.09. The fourth-order valence-electron chi connectivity index (χ4n) is 6.71. The van der Waals surface area contributed by atoms with Crippen molar-refractivity contribution in [2.75, 3.05) is 7.11 Å². The van der Waals surface area contributed by atoms with Crippen LogP contribution in [-0.4, -0.2) is 24.1 Å². The first-order chi connectivity index (χ1) is 13.5. The van der Waals surface area contributed by atoms with Crippen LogP contribution in [0.15, 0.2) is 41.0 Å². The number of carbonyl (C=O) groups is 1. The molecule has 0 heterocycles. The van der Waals surface area contributed by atoms with Gasteiger partial charge in [-0.2, -0.15) is 0 Å². The largest absolute Gasteiger partial charge is 0.496 e. The summed E-state index contributed by atoms with van der Waals surface area (Å²) in [5.41, 5.74) is 6.84. The average molecular weight is 379 g/mol. The molecule has 0 bridgehead atoms. The molecule has 28 heavy (non-hydrogen) atoms. The Kier molecular flexibility index (Phi) is 4.28. The van der Waals surface area contributed by atoms with Crippen LogP contribution < -0.4 is 4.74 Å². The fraction of sp³-hybridized carbons (Fsp3) is 0.560. The summed E-state index contributed by atoms with van der Waals surface area (Å²) in [4.78, 5) is 12.1. The molecule has 0 amide bonds. The lowest BCUT2D eigenvalue weighted by molar-refractivity contribution is -0.118. The second kappa shape index (κ2) is 6.59. The number of aliphatic hydroxyl groups is 1. The number of Topliss-reactive ketones (excluding diaryl/α,β-unsaturated/α-hetero) is 1. The van der Waals surface area contributed by atoms with Crippen LogP contribution in [0.25, 0.3) is 5.57 Å². The van der Waals surface area contributed by atoms with Gasteiger partial charge < -0.3 is 9.84 Å². The second-order valence-electron chi connectivity index (χ2n) is 9.42. The molecule has 3 nitrogen and oxygen atoms in total. The number of carbonyl (C=O) groups excluding carboxylic acids is 1. The monoisotopic (exact) mass is 378 g/mol. The molecule has 0 unspecified atom stereocenters. The van der Waals surface area contributed by atoms with E-state index in [9.17, 15) is 9.90 Å². The van der Waals surface area contributed by atoms with Crippen molar-refractivity contribution in [1.82, 2.24) is 0 Å². The zero-order chi connectivity index (χ0) is 19.5. The van der Waals surface area contributed by atoms with E-state index >= 15 is 0 Å². The molecule has 1 aromatic carbocycles. The summed E-state index contributed by atoms with van der Waals surface area (Å²) >= 11 is 0. The maximum absolute atomic E-state index is 12.1. The lowest BCUT2D eigenvalue weighted by atomic mass is 9.56. The molecule has 0 aliphatic heterocycles. The van der Waals surface area contributed by atoms with Crippen LogP contribution in [0.4, 0.5) is 0 Å². The second-order valence-corrected chi connectivity index (χ2v) is 9.42. The molecule has 0 spiro atoms. The van der Waals surface area contributed by atoms with E-state index < -0.39 is 0 Å². The molecular formula is C25H30O3. The summed E-state index contributed by atoms with van der Waals surface area (Å²) in [5, 5.41) is 10.9. The predicted octanol–water partition coefficient (Wildman–Crippen LogP) is 5.09. The van der Waals surface area contributed by atoms with Gasteiger partial charge in [-0.1, -0.05) is 30.7 Å². The van der Waals surface area contributed by atoms with Crippen LogP contribution in [0.5, 0.6) is 5.75 Å². The zero-order valence-corrected chi connectivity index (χ0v) is 17.0. The van der Waals surface area contributed by atoms with E-state index in [4.69, 9.17) is 4.74 Å². The Hall–Kier alpha value is -1.87. The SMILES string of the molecule is COc1ccccc1C1=C2C3=C(CC[C@H]2[C@@H]2CC[C@H](O)[C@@]2(C)C1)CC(=O)CC3. The summed E-state index contributed by atoms with van der Waals surface area (Å²) in [5.74, 6) is 2.36. The lowest BCUT2D eigenvalue weighted by Gasteiger charge is -2.49. The van der Waals surface area contributed by atoms with Crippen LogP contribution in [0.3, 0.4) is 0 Å². The zero-order valence-electron chi connectivity index (χ0n) is 17.0. The number of aliphatic hydroxyl groups excluding tert-OH is 1. The number of hydrogen-bond acceptors (Lipinski definition) is 3. The Morgan fingerprint density at radius 2 is 1.89 bits per heavy atom. The summed E-state index contributed by atoms with van der Waals surface area (Å²) in [6, 6.07) is 8.32. The third-order valence-corrected chi connectivity index (χ3v) is 8.10. The fourth-order valence-corrected chi connectivity index (χ4v) is 6.71. The molecule has 0 radical (unpaired) electrons. The van der Waals surface area contributed by atoms with Crippen molar-refractivity contribution in [1.29, 1.82) is 0 Å². The Morgan fingerprint density at radius 3 is 2.71 bits per heavy atom. The lowest BCUT2D eigenvalue weighted by Crippen LogP contribution is -2.42. The minimum atomic E-state index is -0.230. The molecule has 4 atom stereocenters. The van der Waals surface area contributed by atoms with Gasteiger partial charge in [0.15, 0.2) is 0 Å². The quantitative estimate of drug-likeness (QED) is 0.780. The van der Waals surface area contributed by atoms with Gasteiger partial charge in [-0.15, -0.1) is 0 Å². The minimum Gasteiger partial charge on any atom is -0.496 e. The molecule has 4 aliphatic carbocycles. The van der Waals surface area contributed by atoms with Crippen molar-refractivity contribution in [3.63, 3.8) is 0 Å². The van der Waals surface area contributed by atoms with Gasteiger partial charge >= 0.3 is 0 Å². The van der Waals surface area contributed by atoms with Gasteiger partial charge in [-0.3, -0.25) is 4.79 Å². The molecule has 1 fully saturated rings. The maximum Gasteiger partial charge on any atom is 0.137 e. The number of hydrogen-bond donors (Lipinski definition) is 1. The van der Waals surface area contributed by atoms with E-state index in [2.05, 4.69) is 19.1 Å². The number of ether oxygens (including phenoxy) is 1. The Morgan fingerprint density at radius 1 is 1.07 bits per heavy atom. The molecule has 1 aromatic rings. The highest BCUT2D eigenvalue weighted by Gasteiger charge is 2.54. The summed E-state index contributed by atoms with van der Waals surface area (Å²) in [7, 11) is 1.74. The average Bonchev–Trinajstić information content (AvgIpc) is 3.01. The highest BCUT2D eigenvalue weighted by atomic mass is 16.5. The van der Waals surface area contributed by atoms with E-state index in [1.165, 1.54) is 27.9 Å². The molecule has 1 saturated carbocycles. The van der Waals surface area contributed by atoms with Crippen LogP contribution >= 0.6 is 0 Å². The Bertz CT molecular complexity index is 893. The standard InChI is InChI=1S/C25H30O3/c1-25-14-20(18-5-3-4-6-22(18)28-2)24-17-10-8-16(26)13-15(17)7-9-19(24)21(25)11-12-23(25)27/h3-6,19,21,23,27H,7-14H2,1-2H3/t19-,21-,23-,25-/m0/s1. The third kappa shape index (κ3) is 2.55. The first-order valence-electron chi connectivity index (χ1n) is 10.8. The van der Waals surface area contributed by atoms with E-state index in [-0.39, 0.29) is 11.5 Å². The number of fused-ring (bicyclic) bond motifs is 4. The smallest absolute Gasteiger partial charge is 0.137 e. The van der Waals surface area contributed by atoms with Crippen molar-refractivity contribution in [3.05, 3.63) is 46.5 Å². The van der Waals surface area contributed by atoms with E-state index in [0.717, 1.165) is 44.3 Å². The van der Waals surface area contributed by atoms with Crippen molar-refractivity contribution in [3.8, 4) is 5.75 Å². The van der Waals surface area contributed by atoms with Crippen molar-refractivity contribution >= 4 is 11.4 Å². The number of rotatable bonds is 2. The Labute approximate surface area is 167 Å². The summed E-state index contributed by atoms with van der Waals surface area (Å²) < 4.78 is 5.74. The van der Waals surface area contributed by atoms with Crippen molar-refractivity contribution in [2.24, 2.45) is 17.3 Å². The topological polar surface area (TPSA) is 46.5 Å². The van der Waals surface area contributed by atoms with Crippen LogP contribution in [0.2, 0.25) is 0 Å². The Balaban J connectivity index is 1.74. The van der Waals surface area contributed by atoms with Gasteiger partial charge in [0.1, 0.15) is 11.5 Å². The number of para-hydroxylation sites is 1. The molecule has 0 saturated heterocycles. The normalized spacial score (nSPS) is 34.8. The molecule has 4 aliphatic rings. The number of ketones is 1. The van der Waals surface area contributed by atoms with Crippen LogP contribution in [-0.2, 0) is 4.79 Å². The van der Waals surface area contributed by atoms with Crippen molar-refractivity contribution < 1.29 is 14.6 Å². The van der Waals surface area contributed by atoms with Gasteiger partial charge in [0.05, 0.1) is 13.2 Å². The van der Waals surface area contributed by atoms with E-state index in [0.29, 0.717) is 30.5 Å². The molecule has 3 heteroatoms. The molecule has 1 N–H and O–H groups in total. The number of benzene rings is 1. The van der Waals surface area contributed by atoms with Crippen LogP contribution in [0, 0.1) is 17.3 Å². The molecule has 5 rings (SSSR count). The predicted molar refractivity (Wildman–Crippen MR) is 110 cm³/mol. The van der Waals surface area contributed by atoms with Gasteiger partial charge in [0.2, 0.25) is 0 Å². The summed E-state index contributed by atoms with van der Waals surface area (Å²) in [6.45, 7) is 2.30. The van der Waals surface area contributed by atoms with E-state index in [1.807, 2.05) is 12.1 Å². The molecule has 0 aromatic heterocycles. The van der Waals surface area contributed by atoms with Crippen LogP contribution in [0.1, 0.15) is 63.9 Å². The maximum atomic E-state index is 12.1. The number of allylic oxidation sites excluding steroid dienone is 4. The minimum absolute atomic E-state index is 0.0626. The highest BCUT2D eigenvalue weighted by Crippen LogP contribution is 2.62. The first-order valence-corrected chi connectivity index (χ1v) is 10.8. The van der Waals surface area contributed by atoms with Gasteiger partial charge in [-0.05, 0) is 73.1 Å². The molecule has 148 valence electrons. The highest BCUT2D eigenvalue weighted by molar-refractivity contribution is 5.86. The first kappa shape index (κ1) is 18.2. The van der Waals surface area contributed by atoms with E-state index in [1.54, 1.807) is 7.11 Å². The number of methoxy groups -OCH3 is 1. The van der Waals surface area contributed by atoms with Gasteiger partial charge in [-0.25, -0.2) is 0 Å². The van der Waals surface area contributed by atoms with Gasteiger partial charge in [0, 0.05) is 23.8 Å². The van der Waals surface area contributed by atoms with Crippen molar-refractivity contribution in [2.45, 2.75) is 64.4 Å². The molecular weight excluding hydrogens is 348 g/mol. The van der Waals surface area contributed by atoms with Gasteiger partial charge in [0.25, 0.3) is 0 Å².